The van der Waals surface area contributed by atoms with Gasteiger partial charge in [0.25, 0.3) is 0 Å². The molecule has 3 heteroatoms. The number of carbonyl (C=O) groups excluding carboxylic acids is 1. The standard InChI is InChI=1S/C17H34N2O/c1-13-7-6-8-17(11-13,12-18)19-15(20)9-14(2)10-16(3,4)5/h13-14H,6-12,18H2,1-5H3,(H,19,20). The van der Waals surface area contributed by atoms with E-state index in [1.807, 2.05) is 0 Å². The smallest absolute Gasteiger partial charge is 0.220 e. The summed E-state index contributed by atoms with van der Waals surface area (Å²) >= 11 is 0. The Hall–Kier alpha value is -0.570. The van der Waals surface area contributed by atoms with Gasteiger partial charge in [-0.05, 0) is 36.5 Å². The summed E-state index contributed by atoms with van der Waals surface area (Å²) in [5.74, 6) is 1.27. The zero-order valence-corrected chi connectivity index (χ0v) is 14.1. The molecule has 1 saturated carbocycles. The van der Waals surface area contributed by atoms with Crippen molar-refractivity contribution < 1.29 is 4.79 Å². The third kappa shape index (κ3) is 5.82. The van der Waals surface area contributed by atoms with Gasteiger partial charge in [0, 0.05) is 13.0 Å². The summed E-state index contributed by atoms with van der Waals surface area (Å²) < 4.78 is 0. The van der Waals surface area contributed by atoms with Crippen molar-refractivity contribution in [3.63, 3.8) is 0 Å². The van der Waals surface area contributed by atoms with E-state index in [0.29, 0.717) is 24.8 Å². The highest BCUT2D eigenvalue weighted by atomic mass is 16.1. The Bertz CT molecular complexity index is 321. The van der Waals surface area contributed by atoms with Crippen LogP contribution in [0.1, 0.15) is 73.1 Å². The lowest BCUT2D eigenvalue weighted by atomic mass is 9.76. The number of nitrogens with two attached hydrogens (primary N) is 1. The molecule has 0 heterocycles. The van der Waals surface area contributed by atoms with E-state index in [9.17, 15) is 4.79 Å². The van der Waals surface area contributed by atoms with Gasteiger partial charge < -0.3 is 11.1 Å². The van der Waals surface area contributed by atoms with Crippen LogP contribution >= 0.6 is 0 Å². The van der Waals surface area contributed by atoms with Gasteiger partial charge in [0.1, 0.15) is 0 Å². The summed E-state index contributed by atoms with van der Waals surface area (Å²) in [7, 11) is 0. The Balaban J connectivity index is 2.51. The quantitative estimate of drug-likeness (QED) is 0.811. The topological polar surface area (TPSA) is 55.1 Å². The van der Waals surface area contributed by atoms with Gasteiger partial charge in [0.05, 0.1) is 5.54 Å². The minimum Gasteiger partial charge on any atom is -0.349 e. The Morgan fingerprint density at radius 1 is 1.45 bits per heavy atom. The number of hydrogen-bond acceptors (Lipinski definition) is 2. The molecule has 0 spiro atoms. The average Bonchev–Trinajstić information content (AvgIpc) is 2.25. The minimum absolute atomic E-state index is 0.143. The predicted molar refractivity (Wildman–Crippen MR) is 85.4 cm³/mol. The molecule has 0 saturated heterocycles. The van der Waals surface area contributed by atoms with Crippen LogP contribution in [0.2, 0.25) is 0 Å². The molecule has 0 bridgehead atoms. The summed E-state index contributed by atoms with van der Waals surface area (Å²) in [6.45, 7) is 11.7. The lowest BCUT2D eigenvalue weighted by Crippen LogP contribution is -2.56. The second-order valence-corrected chi connectivity index (χ2v) is 8.31. The maximum atomic E-state index is 12.3. The van der Waals surface area contributed by atoms with Crippen molar-refractivity contribution in [1.82, 2.24) is 5.32 Å². The molecule has 3 nitrogen and oxygen atoms in total. The Kier molecular flexibility index (Phi) is 6.06. The molecule has 0 aliphatic heterocycles. The Morgan fingerprint density at radius 2 is 2.10 bits per heavy atom. The molecule has 1 rings (SSSR count). The van der Waals surface area contributed by atoms with Crippen molar-refractivity contribution in [2.24, 2.45) is 23.0 Å². The normalized spacial score (nSPS) is 29.0. The molecular weight excluding hydrogens is 248 g/mol. The number of amides is 1. The van der Waals surface area contributed by atoms with Gasteiger partial charge in [-0.25, -0.2) is 0 Å². The van der Waals surface area contributed by atoms with Crippen molar-refractivity contribution >= 4 is 5.91 Å². The van der Waals surface area contributed by atoms with Crippen LogP contribution in [-0.4, -0.2) is 18.0 Å². The SMILES string of the molecule is CC(CC(=O)NC1(CN)CCCC(C)C1)CC(C)(C)C. The van der Waals surface area contributed by atoms with Crippen LogP contribution in [0.3, 0.4) is 0 Å². The first-order chi connectivity index (χ1) is 9.16. The minimum atomic E-state index is -0.143. The first kappa shape index (κ1) is 17.5. The van der Waals surface area contributed by atoms with E-state index in [1.165, 1.54) is 12.8 Å². The zero-order valence-electron chi connectivity index (χ0n) is 14.1. The maximum Gasteiger partial charge on any atom is 0.220 e. The van der Waals surface area contributed by atoms with Crippen LogP contribution in [0.25, 0.3) is 0 Å². The second kappa shape index (κ2) is 6.93. The zero-order chi connectivity index (χ0) is 15.4. The summed E-state index contributed by atoms with van der Waals surface area (Å²) in [5.41, 5.74) is 6.11. The molecule has 3 N–H and O–H groups in total. The highest BCUT2D eigenvalue weighted by Gasteiger charge is 2.35. The largest absolute Gasteiger partial charge is 0.349 e. The third-order valence-corrected chi connectivity index (χ3v) is 4.38. The van der Waals surface area contributed by atoms with E-state index in [0.717, 1.165) is 19.3 Å². The van der Waals surface area contributed by atoms with E-state index < -0.39 is 0 Å². The first-order valence-corrected chi connectivity index (χ1v) is 8.17. The van der Waals surface area contributed by atoms with Crippen LogP contribution in [0.5, 0.6) is 0 Å². The van der Waals surface area contributed by atoms with Crippen LogP contribution in [0.4, 0.5) is 0 Å². The molecule has 20 heavy (non-hydrogen) atoms. The third-order valence-electron chi connectivity index (χ3n) is 4.38. The monoisotopic (exact) mass is 282 g/mol. The van der Waals surface area contributed by atoms with Crippen molar-refractivity contribution in [3.05, 3.63) is 0 Å². The maximum absolute atomic E-state index is 12.3. The number of rotatable bonds is 5. The van der Waals surface area contributed by atoms with Crippen molar-refractivity contribution in [2.75, 3.05) is 6.54 Å². The molecular formula is C17H34N2O. The Labute approximate surface area is 125 Å². The van der Waals surface area contributed by atoms with Crippen molar-refractivity contribution in [3.8, 4) is 0 Å². The highest BCUT2D eigenvalue weighted by Crippen LogP contribution is 2.32. The molecule has 0 aromatic heterocycles. The van der Waals surface area contributed by atoms with E-state index in [4.69, 9.17) is 5.73 Å². The number of hydrogen-bond donors (Lipinski definition) is 2. The Morgan fingerprint density at radius 3 is 2.60 bits per heavy atom. The number of carbonyl (C=O) groups is 1. The molecule has 1 amide bonds. The first-order valence-electron chi connectivity index (χ1n) is 8.17. The van der Waals surface area contributed by atoms with Gasteiger partial charge in [0.15, 0.2) is 0 Å². The summed E-state index contributed by atoms with van der Waals surface area (Å²) in [6.07, 6.45) is 6.20. The van der Waals surface area contributed by atoms with Gasteiger partial charge in [-0.2, -0.15) is 0 Å². The summed E-state index contributed by atoms with van der Waals surface area (Å²) in [6, 6.07) is 0. The highest BCUT2D eigenvalue weighted by molar-refractivity contribution is 5.77. The van der Waals surface area contributed by atoms with Crippen LogP contribution in [0, 0.1) is 17.3 Å². The molecule has 0 radical (unpaired) electrons. The van der Waals surface area contributed by atoms with Gasteiger partial charge in [-0.3, -0.25) is 4.79 Å². The molecule has 0 aromatic carbocycles. The molecule has 3 unspecified atom stereocenters. The summed E-state index contributed by atoms with van der Waals surface area (Å²) in [5, 5.41) is 3.27. The molecule has 3 atom stereocenters. The number of nitrogens with one attached hydrogen (secondary N) is 1. The van der Waals surface area contributed by atoms with Crippen molar-refractivity contribution in [1.29, 1.82) is 0 Å². The van der Waals surface area contributed by atoms with E-state index in [-0.39, 0.29) is 16.9 Å². The molecule has 0 aromatic rings. The molecule has 1 aliphatic rings. The second-order valence-electron chi connectivity index (χ2n) is 8.31. The fourth-order valence-electron chi connectivity index (χ4n) is 3.79. The predicted octanol–water partition coefficient (Wildman–Crippen LogP) is 3.47. The van der Waals surface area contributed by atoms with E-state index in [2.05, 4.69) is 39.9 Å². The van der Waals surface area contributed by atoms with Gasteiger partial charge in [-0.15, -0.1) is 0 Å². The van der Waals surface area contributed by atoms with E-state index >= 15 is 0 Å². The molecule has 1 aliphatic carbocycles. The fourth-order valence-corrected chi connectivity index (χ4v) is 3.79. The van der Waals surface area contributed by atoms with Crippen molar-refractivity contribution in [2.45, 2.75) is 78.7 Å². The van der Waals surface area contributed by atoms with Crippen LogP contribution < -0.4 is 11.1 Å². The average molecular weight is 282 g/mol. The van der Waals surface area contributed by atoms with E-state index in [1.54, 1.807) is 0 Å². The van der Waals surface area contributed by atoms with Gasteiger partial charge >= 0.3 is 0 Å². The van der Waals surface area contributed by atoms with Crippen LogP contribution in [0.15, 0.2) is 0 Å². The lowest BCUT2D eigenvalue weighted by Gasteiger charge is -2.40. The molecule has 118 valence electrons. The lowest BCUT2D eigenvalue weighted by molar-refractivity contribution is -0.124. The van der Waals surface area contributed by atoms with Gasteiger partial charge in [0.2, 0.25) is 5.91 Å². The van der Waals surface area contributed by atoms with Gasteiger partial charge in [-0.1, -0.05) is 47.5 Å². The molecule has 1 fully saturated rings. The summed E-state index contributed by atoms with van der Waals surface area (Å²) in [4.78, 5) is 12.3. The van der Waals surface area contributed by atoms with Crippen LogP contribution in [-0.2, 0) is 4.79 Å². The fraction of sp³-hybridized carbons (Fsp3) is 0.941.